The summed E-state index contributed by atoms with van der Waals surface area (Å²) in [5, 5.41) is 4.87. The number of carbonyl (C=O) groups is 1. The molecular weight excluding hydrogens is 346 g/mol. The van der Waals surface area contributed by atoms with Crippen molar-refractivity contribution in [1.29, 1.82) is 0 Å². The topological polar surface area (TPSA) is 29.1 Å². The van der Waals surface area contributed by atoms with E-state index in [4.69, 9.17) is 0 Å². The van der Waals surface area contributed by atoms with E-state index in [1.54, 1.807) is 11.8 Å². The SMILES string of the molecule is O=C(Nc1ccccc1)/C(=C/Sc1ccccc1)Sc1ccccc1. The molecule has 2 nitrogen and oxygen atoms in total. The summed E-state index contributed by atoms with van der Waals surface area (Å²) in [6, 6.07) is 29.4. The van der Waals surface area contributed by atoms with E-state index < -0.39 is 0 Å². The van der Waals surface area contributed by atoms with Crippen molar-refractivity contribution in [3.05, 3.63) is 101 Å². The maximum atomic E-state index is 12.7. The number of thioether (sulfide) groups is 2. The average molecular weight is 364 g/mol. The van der Waals surface area contributed by atoms with Crippen LogP contribution < -0.4 is 5.32 Å². The van der Waals surface area contributed by atoms with E-state index in [0.29, 0.717) is 4.91 Å². The number of nitrogens with one attached hydrogen (secondary N) is 1. The second-order valence-corrected chi connectivity index (χ2v) is 7.21. The van der Waals surface area contributed by atoms with Gasteiger partial charge in [-0.3, -0.25) is 4.79 Å². The summed E-state index contributed by atoms with van der Waals surface area (Å²) in [6.45, 7) is 0. The lowest BCUT2D eigenvalue weighted by atomic mass is 10.3. The third-order valence-corrected chi connectivity index (χ3v) is 5.35. The molecule has 0 radical (unpaired) electrons. The van der Waals surface area contributed by atoms with Crippen LogP contribution in [0.1, 0.15) is 0 Å². The van der Waals surface area contributed by atoms with Gasteiger partial charge >= 0.3 is 0 Å². The summed E-state index contributed by atoms with van der Waals surface area (Å²) in [6.07, 6.45) is 0. The van der Waals surface area contributed by atoms with Gasteiger partial charge in [-0.1, -0.05) is 78.1 Å². The molecule has 0 bridgehead atoms. The summed E-state index contributed by atoms with van der Waals surface area (Å²) < 4.78 is 0. The monoisotopic (exact) mass is 363 g/mol. The summed E-state index contributed by atoms with van der Waals surface area (Å²) in [4.78, 5) is 15.5. The van der Waals surface area contributed by atoms with E-state index in [1.807, 2.05) is 96.4 Å². The molecule has 1 N–H and O–H groups in total. The van der Waals surface area contributed by atoms with Crippen LogP contribution in [0.3, 0.4) is 0 Å². The minimum Gasteiger partial charge on any atom is -0.322 e. The minimum atomic E-state index is -0.108. The van der Waals surface area contributed by atoms with Crippen molar-refractivity contribution in [3.8, 4) is 0 Å². The number of hydrogen-bond acceptors (Lipinski definition) is 3. The predicted molar refractivity (Wildman–Crippen MR) is 108 cm³/mol. The molecule has 0 saturated heterocycles. The van der Waals surface area contributed by atoms with E-state index >= 15 is 0 Å². The first-order valence-electron chi connectivity index (χ1n) is 7.82. The summed E-state index contributed by atoms with van der Waals surface area (Å²) in [5.41, 5.74) is 0.789. The minimum absolute atomic E-state index is 0.108. The largest absolute Gasteiger partial charge is 0.322 e. The Labute approximate surface area is 156 Å². The van der Waals surface area contributed by atoms with Crippen LogP contribution in [0.15, 0.2) is 111 Å². The average Bonchev–Trinajstić information content (AvgIpc) is 2.67. The standard InChI is InChI=1S/C21H17NOS2/c23-21(22-17-10-4-1-5-11-17)20(25-19-14-8-3-9-15-19)16-24-18-12-6-2-7-13-18/h1-16H,(H,22,23)/b20-16-. The first-order valence-corrected chi connectivity index (χ1v) is 9.52. The van der Waals surface area contributed by atoms with Crippen LogP contribution >= 0.6 is 23.5 Å². The quantitative estimate of drug-likeness (QED) is 0.427. The number of para-hydroxylation sites is 1. The zero-order valence-corrected chi connectivity index (χ0v) is 15.1. The Morgan fingerprint density at radius 3 is 1.84 bits per heavy atom. The molecule has 0 aromatic heterocycles. The van der Waals surface area contributed by atoms with Gasteiger partial charge in [-0.25, -0.2) is 0 Å². The maximum absolute atomic E-state index is 12.7. The van der Waals surface area contributed by atoms with E-state index in [2.05, 4.69) is 5.32 Å². The lowest BCUT2D eigenvalue weighted by Crippen LogP contribution is -2.12. The molecule has 3 aromatic rings. The van der Waals surface area contributed by atoms with Crippen LogP contribution in [-0.2, 0) is 4.79 Å². The number of benzene rings is 3. The van der Waals surface area contributed by atoms with Crippen molar-refractivity contribution in [3.63, 3.8) is 0 Å². The van der Waals surface area contributed by atoms with Gasteiger partial charge in [0.2, 0.25) is 0 Å². The molecule has 25 heavy (non-hydrogen) atoms. The second-order valence-electron chi connectivity index (χ2n) is 5.15. The Balaban J connectivity index is 1.79. The van der Waals surface area contributed by atoms with E-state index in [9.17, 15) is 4.79 Å². The normalized spacial score (nSPS) is 11.1. The predicted octanol–water partition coefficient (Wildman–Crippen LogP) is 6.05. The fraction of sp³-hybridized carbons (Fsp3) is 0. The molecule has 0 aliphatic rings. The molecule has 0 heterocycles. The van der Waals surface area contributed by atoms with Gasteiger partial charge in [0.05, 0.1) is 4.91 Å². The highest BCUT2D eigenvalue weighted by Gasteiger charge is 2.12. The maximum Gasteiger partial charge on any atom is 0.262 e. The van der Waals surface area contributed by atoms with Gasteiger partial charge < -0.3 is 5.32 Å². The zero-order valence-electron chi connectivity index (χ0n) is 13.5. The summed E-state index contributed by atoms with van der Waals surface area (Å²) >= 11 is 3.01. The molecule has 1 amide bonds. The van der Waals surface area contributed by atoms with E-state index in [-0.39, 0.29) is 5.91 Å². The number of hydrogen-bond donors (Lipinski definition) is 1. The molecule has 124 valence electrons. The molecule has 0 fully saturated rings. The molecule has 0 aliphatic carbocycles. The lowest BCUT2D eigenvalue weighted by molar-refractivity contribution is -0.112. The summed E-state index contributed by atoms with van der Waals surface area (Å²) in [7, 11) is 0. The molecule has 0 atom stereocenters. The number of carbonyl (C=O) groups excluding carboxylic acids is 1. The van der Waals surface area contributed by atoms with Crippen molar-refractivity contribution in [2.45, 2.75) is 9.79 Å². The van der Waals surface area contributed by atoms with Gasteiger partial charge in [-0.15, -0.1) is 0 Å². The van der Waals surface area contributed by atoms with Gasteiger partial charge in [-0.05, 0) is 41.8 Å². The van der Waals surface area contributed by atoms with Crippen LogP contribution in [0, 0.1) is 0 Å². The van der Waals surface area contributed by atoms with Gasteiger partial charge in [0.25, 0.3) is 5.91 Å². The van der Waals surface area contributed by atoms with Crippen molar-refractivity contribution in [2.75, 3.05) is 5.32 Å². The number of amides is 1. The molecule has 0 unspecified atom stereocenters. The zero-order chi connectivity index (χ0) is 17.3. The molecule has 0 aliphatic heterocycles. The Morgan fingerprint density at radius 2 is 1.24 bits per heavy atom. The summed E-state index contributed by atoms with van der Waals surface area (Å²) in [5.74, 6) is -0.108. The van der Waals surface area contributed by atoms with Gasteiger partial charge in [-0.2, -0.15) is 0 Å². The second kappa shape index (κ2) is 9.16. The van der Waals surface area contributed by atoms with Crippen molar-refractivity contribution in [1.82, 2.24) is 0 Å². The van der Waals surface area contributed by atoms with Crippen molar-refractivity contribution >= 4 is 35.1 Å². The Bertz CT molecular complexity index is 834. The lowest BCUT2D eigenvalue weighted by Gasteiger charge is -2.09. The first kappa shape index (κ1) is 17.4. The highest BCUT2D eigenvalue weighted by Crippen LogP contribution is 2.31. The molecular formula is C21H17NOS2. The van der Waals surface area contributed by atoms with Gasteiger partial charge in [0.1, 0.15) is 0 Å². The van der Waals surface area contributed by atoms with Crippen molar-refractivity contribution in [2.24, 2.45) is 0 Å². The molecule has 0 saturated carbocycles. The Morgan fingerprint density at radius 1 is 0.720 bits per heavy atom. The first-order chi connectivity index (χ1) is 12.3. The van der Waals surface area contributed by atoms with Crippen LogP contribution in [0.25, 0.3) is 0 Å². The van der Waals surface area contributed by atoms with Gasteiger partial charge in [0, 0.05) is 15.5 Å². The van der Waals surface area contributed by atoms with Crippen LogP contribution in [0.2, 0.25) is 0 Å². The molecule has 4 heteroatoms. The molecule has 3 aromatic carbocycles. The highest BCUT2D eigenvalue weighted by atomic mass is 32.2. The van der Waals surface area contributed by atoms with Crippen LogP contribution in [0.4, 0.5) is 5.69 Å². The Hall–Kier alpha value is -2.43. The number of rotatable bonds is 6. The number of anilines is 1. The Kier molecular flexibility index (Phi) is 6.37. The van der Waals surface area contributed by atoms with Crippen LogP contribution in [-0.4, -0.2) is 5.91 Å². The fourth-order valence-corrected chi connectivity index (χ4v) is 3.77. The third kappa shape index (κ3) is 5.55. The smallest absolute Gasteiger partial charge is 0.262 e. The van der Waals surface area contributed by atoms with Crippen LogP contribution in [0.5, 0.6) is 0 Å². The van der Waals surface area contributed by atoms with Gasteiger partial charge in [0.15, 0.2) is 0 Å². The molecule has 3 rings (SSSR count). The molecule has 0 spiro atoms. The van der Waals surface area contributed by atoms with Crippen molar-refractivity contribution < 1.29 is 4.79 Å². The van der Waals surface area contributed by atoms with E-state index in [0.717, 1.165) is 15.5 Å². The fourth-order valence-electron chi connectivity index (χ4n) is 2.07. The highest BCUT2D eigenvalue weighted by molar-refractivity contribution is 8.06. The van der Waals surface area contributed by atoms with E-state index in [1.165, 1.54) is 11.8 Å². The third-order valence-electron chi connectivity index (χ3n) is 3.27.